The van der Waals surface area contributed by atoms with Crippen molar-refractivity contribution in [2.24, 2.45) is 0 Å². The zero-order valence-corrected chi connectivity index (χ0v) is 24.3. The van der Waals surface area contributed by atoms with Crippen molar-refractivity contribution >= 4 is 23.0 Å². The number of anilines is 4. The Kier molecular flexibility index (Phi) is 9.05. The minimum Gasteiger partial charge on any atom is -0.322 e. The van der Waals surface area contributed by atoms with Crippen LogP contribution in [0.3, 0.4) is 0 Å². The Labute approximate surface area is 249 Å². The SMILES string of the molecule is C=C/C=C\C(C)=C(/C)N(c1ccccc1)c1cc(N2C/C=C\C=C/C(=C)Cc3ccccc32)nc(-c2ccccc2)n1. The van der Waals surface area contributed by atoms with Crippen molar-refractivity contribution in [1.82, 2.24) is 9.97 Å². The number of para-hydroxylation sites is 2. The predicted octanol–water partition coefficient (Wildman–Crippen LogP) is 9.68. The van der Waals surface area contributed by atoms with Crippen LogP contribution in [0.4, 0.5) is 23.0 Å². The number of hydrogen-bond acceptors (Lipinski definition) is 4. The lowest BCUT2D eigenvalue weighted by Gasteiger charge is -2.30. The topological polar surface area (TPSA) is 32.3 Å². The van der Waals surface area contributed by atoms with Gasteiger partial charge in [0.2, 0.25) is 0 Å². The molecule has 42 heavy (non-hydrogen) atoms. The largest absolute Gasteiger partial charge is 0.322 e. The highest BCUT2D eigenvalue weighted by molar-refractivity contribution is 5.74. The summed E-state index contributed by atoms with van der Waals surface area (Å²) in [5, 5.41) is 0. The molecule has 0 unspecified atom stereocenters. The van der Waals surface area contributed by atoms with E-state index in [4.69, 9.17) is 9.97 Å². The van der Waals surface area contributed by atoms with Gasteiger partial charge in [0.1, 0.15) is 11.6 Å². The number of fused-ring (bicyclic) bond motifs is 1. The molecule has 0 fully saturated rings. The average molecular weight is 549 g/mol. The number of aromatic nitrogens is 2. The van der Waals surface area contributed by atoms with Crippen LogP contribution in [0.1, 0.15) is 19.4 Å². The van der Waals surface area contributed by atoms with E-state index in [1.54, 1.807) is 6.08 Å². The van der Waals surface area contributed by atoms with Gasteiger partial charge in [-0.15, -0.1) is 0 Å². The van der Waals surface area contributed by atoms with Crippen LogP contribution in [0.2, 0.25) is 0 Å². The molecule has 3 aromatic carbocycles. The third-order valence-corrected chi connectivity index (χ3v) is 7.21. The second-order valence-electron chi connectivity index (χ2n) is 10.2. The smallest absolute Gasteiger partial charge is 0.163 e. The molecular formula is C38H36N4. The molecule has 2 heterocycles. The van der Waals surface area contributed by atoms with Crippen molar-refractivity contribution in [3.8, 4) is 11.4 Å². The second-order valence-corrected chi connectivity index (χ2v) is 10.2. The van der Waals surface area contributed by atoms with Gasteiger partial charge in [0.25, 0.3) is 0 Å². The Morgan fingerprint density at radius 1 is 0.881 bits per heavy atom. The number of benzene rings is 3. The average Bonchev–Trinajstić information content (AvgIpc) is 3.03. The number of rotatable bonds is 7. The lowest BCUT2D eigenvalue weighted by atomic mass is 10.0. The fourth-order valence-electron chi connectivity index (χ4n) is 4.95. The fraction of sp³-hybridized carbons (Fsp3) is 0.105. The molecule has 208 valence electrons. The van der Waals surface area contributed by atoms with E-state index >= 15 is 0 Å². The highest BCUT2D eigenvalue weighted by Crippen LogP contribution is 2.36. The molecule has 1 aliphatic heterocycles. The molecule has 4 heteroatoms. The molecule has 4 nitrogen and oxygen atoms in total. The van der Waals surface area contributed by atoms with Gasteiger partial charge in [-0.1, -0.05) is 128 Å². The molecule has 1 aromatic heterocycles. The van der Waals surface area contributed by atoms with Gasteiger partial charge < -0.3 is 4.90 Å². The Morgan fingerprint density at radius 2 is 1.60 bits per heavy atom. The molecule has 0 radical (unpaired) electrons. The molecule has 0 N–H and O–H groups in total. The van der Waals surface area contributed by atoms with Crippen molar-refractivity contribution in [3.63, 3.8) is 0 Å². The lowest BCUT2D eigenvalue weighted by Crippen LogP contribution is -2.23. The summed E-state index contributed by atoms with van der Waals surface area (Å²) in [5.74, 6) is 2.27. The first-order chi connectivity index (χ1) is 20.5. The van der Waals surface area contributed by atoms with E-state index in [9.17, 15) is 0 Å². The zero-order valence-electron chi connectivity index (χ0n) is 24.3. The maximum atomic E-state index is 5.17. The van der Waals surface area contributed by atoms with Gasteiger partial charge in [0, 0.05) is 35.2 Å². The maximum absolute atomic E-state index is 5.17. The van der Waals surface area contributed by atoms with E-state index < -0.39 is 0 Å². The van der Waals surface area contributed by atoms with Crippen LogP contribution in [0, 0.1) is 0 Å². The number of hydrogen-bond donors (Lipinski definition) is 0. The lowest BCUT2D eigenvalue weighted by molar-refractivity contribution is 0.991. The highest BCUT2D eigenvalue weighted by Gasteiger charge is 2.21. The summed E-state index contributed by atoms with van der Waals surface area (Å²) < 4.78 is 0. The van der Waals surface area contributed by atoms with Crippen LogP contribution in [0.5, 0.6) is 0 Å². The first-order valence-corrected chi connectivity index (χ1v) is 14.2. The van der Waals surface area contributed by atoms with Crippen molar-refractivity contribution in [2.75, 3.05) is 16.3 Å². The second kappa shape index (κ2) is 13.4. The molecule has 0 bridgehead atoms. The van der Waals surface area contributed by atoms with Crippen molar-refractivity contribution in [3.05, 3.63) is 169 Å². The fourth-order valence-corrected chi connectivity index (χ4v) is 4.95. The first-order valence-electron chi connectivity index (χ1n) is 14.2. The third-order valence-electron chi connectivity index (χ3n) is 7.21. The summed E-state index contributed by atoms with van der Waals surface area (Å²) in [6.07, 6.45) is 14.9. The Balaban J connectivity index is 1.76. The molecule has 0 aliphatic carbocycles. The molecule has 1 aliphatic rings. The van der Waals surface area contributed by atoms with E-state index in [0.29, 0.717) is 12.4 Å². The van der Waals surface area contributed by atoms with Gasteiger partial charge in [-0.25, -0.2) is 9.97 Å². The minimum absolute atomic E-state index is 0.653. The van der Waals surface area contributed by atoms with E-state index in [2.05, 4.69) is 134 Å². The predicted molar refractivity (Wildman–Crippen MR) is 178 cm³/mol. The summed E-state index contributed by atoms with van der Waals surface area (Å²) in [4.78, 5) is 14.8. The minimum atomic E-state index is 0.653. The number of nitrogens with zero attached hydrogens (tertiary/aromatic N) is 4. The molecule has 4 aromatic rings. The molecule has 0 amide bonds. The Bertz CT molecular complexity index is 1680. The summed E-state index contributed by atoms with van der Waals surface area (Å²) in [6.45, 7) is 13.0. The van der Waals surface area contributed by atoms with Gasteiger partial charge in [-0.2, -0.15) is 0 Å². The van der Waals surface area contributed by atoms with E-state index in [-0.39, 0.29) is 0 Å². The van der Waals surface area contributed by atoms with E-state index in [1.807, 2.05) is 30.3 Å². The quantitative estimate of drug-likeness (QED) is 0.215. The molecule has 0 atom stereocenters. The van der Waals surface area contributed by atoms with E-state index in [1.165, 1.54) is 5.56 Å². The Hall–Kier alpha value is -5.22. The number of allylic oxidation sites excluding steroid dienone is 9. The van der Waals surface area contributed by atoms with Crippen LogP contribution in [0.15, 0.2) is 164 Å². The van der Waals surface area contributed by atoms with Crippen molar-refractivity contribution in [2.45, 2.75) is 20.3 Å². The summed E-state index contributed by atoms with van der Waals surface area (Å²) in [7, 11) is 0. The van der Waals surface area contributed by atoms with Crippen LogP contribution >= 0.6 is 0 Å². The molecule has 0 saturated carbocycles. The monoisotopic (exact) mass is 548 g/mol. The maximum Gasteiger partial charge on any atom is 0.163 e. The van der Waals surface area contributed by atoms with Gasteiger partial charge in [-0.3, -0.25) is 4.90 Å². The standard InChI is InChI=1S/C38H36N4/c1-5-6-19-30(3)31(4)42(34-23-13-8-14-24-34)37-28-36(39-38(40-37)32-20-11-7-12-21-32)41-26-17-9-10-18-29(2)27-33-22-15-16-25-35(33)41/h5-25,28H,1-2,26-27H2,3-4H3/b17-9-,18-10-,19-6-,31-30+. The van der Waals surface area contributed by atoms with Gasteiger partial charge in [0.05, 0.1) is 0 Å². The van der Waals surface area contributed by atoms with E-state index in [0.717, 1.165) is 51.8 Å². The van der Waals surface area contributed by atoms with Gasteiger partial charge in [0.15, 0.2) is 5.82 Å². The molecular weight excluding hydrogens is 512 g/mol. The molecule has 0 saturated heterocycles. The van der Waals surface area contributed by atoms with Gasteiger partial charge in [-0.05, 0) is 49.6 Å². The van der Waals surface area contributed by atoms with Crippen molar-refractivity contribution < 1.29 is 0 Å². The molecule has 5 rings (SSSR count). The van der Waals surface area contributed by atoms with Crippen LogP contribution in [0.25, 0.3) is 11.4 Å². The summed E-state index contributed by atoms with van der Waals surface area (Å²) in [5.41, 5.74) is 7.51. The zero-order chi connectivity index (χ0) is 29.3. The van der Waals surface area contributed by atoms with Gasteiger partial charge >= 0.3 is 0 Å². The normalized spacial score (nSPS) is 15.5. The first kappa shape index (κ1) is 28.3. The Morgan fingerprint density at radius 3 is 2.36 bits per heavy atom. The summed E-state index contributed by atoms with van der Waals surface area (Å²) in [6, 6.07) is 31.1. The summed E-state index contributed by atoms with van der Waals surface area (Å²) >= 11 is 0. The van der Waals surface area contributed by atoms with Crippen LogP contribution < -0.4 is 9.80 Å². The van der Waals surface area contributed by atoms with Crippen molar-refractivity contribution in [1.29, 1.82) is 0 Å². The van der Waals surface area contributed by atoms with Crippen LogP contribution in [-0.4, -0.2) is 16.5 Å². The molecule has 0 spiro atoms. The third kappa shape index (κ3) is 6.56. The highest BCUT2D eigenvalue weighted by atomic mass is 15.2. The van der Waals surface area contributed by atoms with Crippen LogP contribution in [-0.2, 0) is 6.42 Å².